The summed E-state index contributed by atoms with van der Waals surface area (Å²) in [5, 5.41) is 28.9. The number of aliphatic hydroxyl groups excluding tert-OH is 2. The summed E-state index contributed by atoms with van der Waals surface area (Å²) in [4.78, 5) is 11.5. The molecule has 1 rings (SSSR count). The van der Waals surface area contributed by atoms with Crippen LogP contribution in [0.15, 0.2) is 11.1 Å². The molecule has 3 N–H and O–H groups in total. The Kier molecular flexibility index (Phi) is 6.17. The number of carbonyl (C=O) groups is 1. The highest BCUT2D eigenvalue weighted by Gasteiger charge is 2.33. The number of carbonyl (C=O) groups excluding carboxylic acids is 1. The molecule has 0 saturated heterocycles. The number of unbranched alkanes of at least 4 members (excludes halogenated alkanes) is 3. The first kappa shape index (κ1) is 17.1. The van der Waals surface area contributed by atoms with E-state index in [9.17, 15) is 20.1 Å². The van der Waals surface area contributed by atoms with Gasteiger partial charge in [0.2, 0.25) is 6.29 Å². The van der Waals surface area contributed by atoms with Crippen molar-refractivity contribution in [2.24, 2.45) is 0 Å². The molecule has 2 atom stereocenters. The second kappa shape index (κ2) is 7.20. The average Bonchev–Trinajstić information content (AvgIpc) is 2.56. The van der Waals surface area contributed by atoms with Crippen molar-refractivity contribution < 1.29 is 24.9 Å². The normalized spacial score (nSPS) is 21.3. The molecule has 1 aliphatic heterocycles. The van der Waals surface area contributed by atoms with Gasteiger partial charge in [-0.05, 0) is 33.6 Å². The Hall–Kier alpha value is -0.910. The van der Waals surface area contributed by atoms with E-state index in [-0.39, 0.29) is 5.57 Å². The molecule has 5 nitrogen and oxygen atoms in total. The molecule has 0 bridgehead atoms. The van der Waals surface area contributed by atoms with E-state index in [4.69, 9.17) is 0 Å². The zero-order chi connectivity index (χ0) is 15.3. The molecule has 5 heteroatoms. The van der Waals surface area contributed by atoms with Crippen LogP contribution in [0.5, 0.6) is 0 Å². The number of hydrogen-bond acceptors (Lipinski definition) is 5. The summed E-state index contributed by atoms with van der Waals surface area (Å²) in [6.45, 7) is 5.18. The third kappa shape index (κ3) is 5.23. The standard InChI is InChI=1S/C15H26O5/c1-10-12(14(18)20-13(10)17)11(16)8-6-4-5-7-9-15(2,3)19/h11,13,16-17,19H,4-9H2,1-3H3/t11-,13+/m1/s1. The van der Waals surface area contributed by atoms with Crippen molar-refractivity contribution in [2.75, 3.05) is 0 Å². The Morgan fingerprint density at radius 3 is 2.35 bits per heavy atom. The van der Waals surface area contributed by atoms with E-state index in [1.165, 1.54) is 0 Å². The molecular weight excluding hydrogens is 260 g/mol. The number of cyclic esters (lactones) is 1. The van der Waals surface area contributed by atoms with Crippen LogP contribution in [0.25, 0.3) is 0 Å². The summed E-state index contributed by atoms with van der Waals surface area (Å²) in [6, 6.07) is 0. The highest BCUT2D eigenvalue weighted by molar-refractivity contribution is 5.92. The molecule has 1 aliphatic rings. The van der Waals surface area contributed by atoms with Gasteiger partial charge in [-0.2, -0.15) is 0 Å². The summed E-state index contributed by atoms with van der Waals surface area (Å²) in [6.07, 6.45) is 2.84. The maximum Gasteiger partial charge on any atom is 0.339 e. The van der Waals surface area contributed by atoms with Crippen molar-refractivity contribution in [3.63, 3.8) is 0 Å². The minimum atomic E-state index is -1.21. The predicted octanol–water partition coefficient (Wildman–Crippen LogP) is 1.65. The van der Waals surface area contributed by atoms with E-state index in [1.807, 2.05) is 0 Å². The molecule has 0 fully saturated rings. The Bertz CT molecular complexity index is 367. The van der Waals surface area contributed by atoms with Crippen LogP contribution in [0.3, 0.4) is 0 Å². The lowest BCUT2D eigenvalue weighted by Crippen LogP contribution is -2.18. The predicted molar refractivity (Wildman–Crippen MR) is 74.8 cm³/mol. The minimum Gasteiger partial charge on any atom is -0.428 e. The topological polar surface area (TPSA) is 87.0 Å². The third-order valence-electron chi connectivity index (χ3n) is 3.58. The first-order valence-corrected chi connectivity index (χ1v) is 7.22. The average molecular weight is 286 g/mol. The quantitative estimate of drug-likeness (QED) is 0.466. The monoisotopic (exact) mass is 286 g/mol. The molecule has 0 aromatic rings. The van der Waals surface area contributed by atoms with Crippen LogP contribution < -0.4 is 0 Å². The van der Waals surface area contributed by atoms with Gasteiger partial charge in [0, 0.05) is 5.57 Å². The minimum absolute atomic E-state index is 0.203. The number of aliphatic hydroxyl groups is 3. The van der Waals surface area contributed by atoms with Gasteiger partial charge in [0.15, 0.2) is 0 Å². The Labute approximate surface area is 120 Å². The maximum absolute atomic E-state index is 11.5. The van der Waals surface area contributed by atoms with Gasteiger partial charge in [-0.15, -0.1) is 0 Å². The van der Waals surface area contributed by atoms with E-state index in [2.05, 4.69) is 4.74 Å². The van der Waals surface area contributed by atoms with E-state index < -0.39 is 24.0 Å². The molecule has 0 radical (unpaired) electrons. The highest BCUT2D eigenvalue weighted by atomic mass is 16.6. The van der Waals surface area contributed by atoms with Gasteiger partial charge in [0.1, 0.15) is 0 Å². The molecule has 0 saturated carbocycles. The Balaban J connectivity index is 2.24. The van der Waals surface area contributed by atoms with Crippen LogP contribution >= 0.6 is 0 Å². The van der Waals surface area contributed by atoms with Gasteiger partial charge in [-0.3, -0.25) is 0 Å². The fraction of sp³-hybridized carbons (Fsp3) is 0.800. The lowest BCUT2D eigenvalue weighted by atomic mass is 9.97. The van der Waals surface area contributed by atoms with Crippen molar-refractivity contribution in [3.8, 4) is 0 Å². The lowest BCUT2D eigenvalue weighted by Gasteiger charge is -2.16. The van der Waals surface area contributed by atoms with Crippen LogP contribution in [0.1, 0.15) is 59.3 Å². The van der Waals surface area contributed by atoms with Crippen molar-refractivity contribution in [1.82, 2.24) is 0 Å². The Morgan fingerprint density at radius 2 is 1.85 bits per heavy atom. The van der Waals surface area contributed by atoms with Gasteiger partial charge in [-0.1, -0.05) is 25.7 Å². The van der Waals surface area contributed by atoms with Crippen molar-refractivity contribution >= 4 is 5.97 Å². The number of hydrogen-bond donors (Lipinski definition) is 3. The molecular formula is C15H26O5. The molecule has 20 heavy (non-hydrogen) atoms. The maximum atomic E-state index is 11.5. The zero-order valence-electron chi connectivity index (χ0n) is 12.6. The first-order valence-electron chi connectivity index (χ1n) is 7.22. The van der Waals surface area contributed by atoms with E-state index in [1.54, 1.807) is 20.8 Å². The van der Waals surface area contributed by atoms with Crippen LogP contribution in [-0.2, 0) is 9.53 Å². The lowest BCUT2D eigenvalue weighted by molar-refractivity contribution is -0.152. The zero-order valence-corrected chi connectivity index (χ0v) is 12.6. The van der Waals surface area contributed by atoms with Crippen molar-refractivity contribution in [1.29, 1.82) is 0 Å². The molecule has 0 spiro atoms. The van der Waals surface area contributed by atoms with Crippen LogP contribution in [0, 0.1) is 0 Å². The molecule has 0 aliphatic carbocycles. The van der Waals surface area contributed by atoms with Gasteiger partial charge in [0.25, 0.3) is 0 Å². The van der Waals surface area contributed by atoms with Gasteiger partial charge in [-0.25, -0.2) is 4.79 Å². The van der Waals surface area contributed by atoms with Crippen molar-refractivity contribution in [3.05, 3.63) is 11.1 Å². The SMILES string of the molecule is CC1=C([C@H](O)CCCCCCC(C)(C)O)C(=O)O[C@@H]1O. The second-order valence-corrected chi connectivity index (χ2v) is 6.14. The van der Waals surface area contributed by atoms with Gasteiger partial charge < -0.3 is 20.1 Å². The largest absolute Gasteiger partial charge is 0.428 e. The summed E-state index contributed by atoms with van der Waals surface area (Å²) >= 11 is 0. The fourth-order valence-electron chi connectivity index (χ4n) is 2.34. The molecule has 1 heterocycles. The van der Waals surface area contributed by atoms with E-state index in [0.29, 0.717) is 12.0 Å². The summed E-state index contributed by atoms with van der Waals surface area (Å²) in [5.74, 6) is -0.621. The van der Waals surface area contributed by atoms with Crippen LogP contribution in [0.2, 0.25) is 0 Å². The smallest absolute Gasteiger partial charge is 0.339 e. The molecule has 0 amide bonds. The van der Waals surface area contributed by atoms with Crippen LogP contribution in [0.4, 0.5) is 0 Å². The van der Waals surface area contributed by atoms with Crippen molar-refractivity contribution in [2.45, 2.75) is 77.3 Å². The van der Waals surface area contributed by atoms with E-state index in [0.717, 1.165) is 32.1 Å². The Morgan fingerprint density at radius 1 is 1.25 bits per heavy atom. The summed E-state index contributed by atoms with van der Waals surface area (Å²) in [5.41, 5.74) is -0.0101. The third-order valence-corrected chi connectivity index (χ3v) is 3.58. The van der Waals surface area contributed by atoms with Gasteiger partial charge in [0.05, 0.1) is 17.3 Å². The molecule has 0 aromatic heterocycles. The molecule has 0 aromatic carbocycles. The van der Waals surface area contributed by atoms with E-state index >= 15 is 0 Å². The number of esters is 1. The highest BCUT2D eigenvalue weighted by Crippen LogP contribution is 2.26. The fourth-order valence-corrected chi connectivity index (χ4v) is 2.34. The second-order valence-electron chi connectivity index (χ2n) is 6.14. The summed E-state index contributed by atoms with van der Waals surface area (Å²) < 4.78 is 4.64. The number of rotatable bonds is 8. The molecule has 116 valence electrons. The summed E-state index contributed by atoms with van der Waals surface area (Å²) in [7, 11) is 0. The van der Waals surface area contributed by atoms with Gasteiger partial charge >= 0.3 is 5.97 Å². The number of ether oxygens (including phenoxy) is 1. The first-order chi connectivity index (χ1) is 9.22. The van der Waals surface area contributed by atoms with Crippen LogP contribution in [-0.4, -0.2) is 39.3 Å². The molecule has 0 unspecified atom stereocenters.